The topological polar surface area (TPSA) is 66.9 Å². The van der Waals surface area contributed by atoms with Gasteiger partial charge < -0.3 is 14.5 Å². The van der Waals surface area contributed by atoms with Gasteiger partial charge in [0.1, 0.15) is 6.04 Å². The number of hydrogen-bond acceptors (Lipinski definition) is 4. The van der Waals surface area contributed by atoms with Crippen molar-refractivity contribution >= 4 is 17.8 Å². The summed E-state index contributed by atoms with van der Waals surface area (Å²) in [4.78, 5) is 39.5. The first kappa shape index (κ1) is 20.0. The van der Waals surface area contributed by atoms with Crippen molar-refractivity contribution in [3.05, 3.63) is 0 Å². The first-order valence-electron chi connectivity index (χ1n) is 8.48. The van der Waals surface area contributed by atoms with E-state index >= 15 is 0 Å². The molecule has 0 aromatic rings. The lowest BCUT2D eigenvalue weighted by Crippen LogP contribution is -2.58. The van der Waals surface area contributed by atoms with Crippen LogP contribution in [0.1, 0.15) is 40.5 Å². The number of unbranched alkanes of at least 4 members (excludes halogenated alkanes) is 1. The van der Waals surface area contributed by atoms with Gasteiger partial charge in [-0.3, -0.25) is 9.59 Å². The predicted octanol–water partition coefficient (Wildman–Crippen LogP) is 1.29. The number of esters is 1. The molecule has 0 radical (unpaired) electrons. The van der Waals surface area contributed by atoms with Crippen LogP contribution in [-0.2, 0) is 19.1 Å². The van der Waals surface area contributed by atoms with Crippen molar-refractivity contribution in [2.45, 2.75) is 46.6 Å². The third kappa shape index (κ3) is 4.98. The maximum atomic E-state index is 12.6. The number of rotatable bonds is 7. The second kappa shape index (κ2) is 9.31. The third-order valence-electron chi connectivity index (χ3n) is 4.13. The number of carbonyl (C=O) groups excluding carboxylic acids is 3. The van der Waals surface area contributed by atoms with Crippen LogP contribution >= 0.6 is 0 Å². The standard InChI is InChI=1S/C18H28N2O4/c1-6-8-10-24-18(23)16(13(3)4)19(5)17(22)14-11-20(12-14)15(21)9-7-2/h13-14,16H,6,8,10-12H2,1-5H3/t16-/m0/s1. The predicted molar refractivity (Wildman–Crippen MR) is 90.8 cm³/mol. The van der Waals surface area contributed by atoms with Gasteiger partial charge in [-0.15, -0.1) is 0 Å². The minimum atomic E-state index is -0.602. The molecule has 2 amide bonds. The lowest BCUT2D eigenvalue weighted by molar-refractivity contribution is -0.160. The van der Waals surface area contributed by atoms with Gasteiger partial charge in [-0.2, -0.15) is 0 Å². The first-order valence-corrected chi connectivity index (χ1v) is 8.48. The molecule has 0 spiro atoms. The Kier molecular flexibility index (Phi) is 7.76. The van der Waals surface area contributed by atoms with Crippen LogP contribution in [0.25, 0.3) is 0 Å². The Bertz CT molecular complexity index is 527. The molecule has 134 valence electrons. The average molecular weight is 336 g/mol. The van der Waals surface area contributed by atoms with E-state index in [4.69, 9.17) is 4.74 Å². The summed E-state index contributed by atoms with van der Waals surface area (Å²) in [6.07, 6.45) is 1.76. The largest absolute Gasteiger partial charge is 0.464 e. The fourth-order valence-electron chi connectivity index (χ4n) is 2.69. The molecule has 1 saturated heterocycles. The van der Waals surface area contributed by atoms with Gasteiger partial charge in [0.05, 0.1) is 12.5 Å². The van der Waals surface area contributed by atoms with E-state index in [1.807, 2.05) is 20.8 Å². The van der Waals surface area contributed by atoms with E-state index in [9.17, 15) is 14.4 Å². The van der Waals surface area contributed by atoms with Gasteiger partial charge in [-0.25, -0.2) is 4.79 Å². The quantitative estimate of drug-likeness (QED) is 0.399. The number of likely N-dealkylation sites (tertiary alicyclic amines) is 1. The summed E-state index contributed by atoms with van der Waals surface area (Å²) in [7, 11) is 1.63. The Morgan fingerprint density at radius 1 is 1.29 bits per heavy atom. The van der Waals surface area contributed by atoms with Gasteiger partial charge in [-0.1, -0.05) is 33.1 Å². The smallest absolute Gasteiger partial charge is 0.329 e. The SMILES string of the molecule is CC#CC(=O)N1CC(C(=O)N(C)[C@H](C(=O)OCCCC)C(C)C)C1. The number of ether oxygens (including phenoxy) is 1. The van der Waals surface area contributed by atoms with Crippen LogP contribution in [0.15, 0.2) is 0 Å². The molecule has 6 nitrogen and oxygen atoms in total. The molecule has 1 heterocycles. The normalized spacial score (nSPS) is 15.2. The summed E-state index contributed by atoms with van der Waals surface area (Å²) in [5.41, 5.74) is 0. The second-order valence-corrected chi connectivity index (χ2v) is 6.44. The van der Waals surface area contributed by atoms with E-state index in [0.29, 0.717) is 19.7 Å². The van der Waals surface area contributed by atoms with Crippen molar-refractivity contribution in [1.29, 1.82) is 0 Å². The summed E-state index contributed by atoms with van der Waals surface area (Å²) in [5, 5.41) is 0. The van der Waals surface area contributed by atoms with Crippen molar-refractivity contribution in [2.75, 3.05) is 26.7 Å². The highest BCUT2D eigenvalue weighted by atomic mass is 16.5. The molecule has 0 saturated carbocycles. The Labute approximate surface area is 144 Å². The van der Waals surface area contributed by atoms with Crippen LogP contribution in [0, 0.1) is 23.7 Å². The van der Waals surface area contributed by atoms with Crippen molar-refractivity contribution in [3.8, 4) is 11.8 Å². The van der Waals surface area contributed by atoms with Crippen LogP contribution in [0.2, 0.25) is 0 Å². The van der Waals surface area contributed by atoms with Crippen LogP contribution < -0.4 is 0 Å². The van der Waals surface area contributed by atoms with Crippen molar-refractivity contribution < 1.29 is 19.1 Å². The number of likely N-dealkylation sites (N-methyl/N-ethyl adjacent to an activating group) is 1. The van der Waals surface area contributed by atoms with E-state index in [1.165, 1.54) is 9.80 Å². The first-order chi connectivity index (χ1) is 11.3. The maximum Gasteiger partial charge on any atom is 0.329 e. The van der Waals surface area contributed by atoms with Gasteiger partial charge >= 0.3 is 5.97 Å². The van der Waals surface area contributed by atoms with E-state index < -0.39 is 6.04 Å². The molecule has 1 aliphatic heterocycles. The second-order valence-electron chi connectivity index (χ2n) is 6.44. The molecule has 0 aromatic heterocycles. The minimum absolute atomic E-state index is 0.0446. The summed E-state index contributed by atoms with van der Waals surface area (Å²) >= 11 is 0. The Balaban J connectivity index is 2.62. The van der Waals surface area contributed by atoms with Crippen LogP contribution in [0.4, 0.5) is 0 Å². The summed E-state index contributed by atoms with van der Waals surface area (Å²) in [6, 6.07) is -0.602. The lowest BCUT2D eigenvalue weighted by atomic mass is 9.95. The van der Waals surface area contributed by atoms with Gasteiger partial charge in [0.25, 0.3) is 5.91 Å². The van der Waals surface area contributed by atoms with Gasteiger partial charge in [0, 0.05) is 20.1 Å². The zero-order valence-electron chi connectivity index (χ0n) is 15.3. The van der Waals surface area contributed by atoms with E-state index in [-0.39, 0.29) is 29.6 Å². The van der Waals surface area contributed by atoms with Crippen LogP contribution in [0.5, 0.6) is 0 Å². The highest BCUT2D eigenvalue weighted by Crippen LogP contribution is 2.21. The highest BCUT2D eigenvalue weighted by Gasteiger charge is 2.40. The summed E-state index contributed by atoms with van der Waals surface area (Å²) in [6.45, 7) is 8.49. The monoisotopic (exact) mass is 336 g/mol. The molecular formula is C18H28N2O4. The fourth-order valence-corrected chi connectivity index (χ4v) is 2.69. The number of carbonyl (C=O) groups is 3. The molecule has 0 unspecified atom stereocenters. The average Bonchev–Trinajstić information content (AvgIpc) is 2.45. The number of hydrogen-bond donors (Lipinski definition) is 0. The fraction of sp³-hybridized carbons (Fsp3) is 0.722. The maximum absolute atomic E-state index is 12.6. The molecule has 1 rings (SSSR count). The molecule has 1 atom stereocenters. The molecule has 0 aromatic carbocycles. The number of amides is 2. The Hall–Kier alpha value is -2.03. The Morgan fingerprint density at radius 3 is 2.42 bits per heavy atom. The molecular weight excluding hydrogens is 308 g/mol. The summed E-state index contributed by atoms with van der Waals surface area (Å²) < 4.78 is 5.28. The zero-order chi connectivity index (χ0) is 18.3. The Morgan fingerprint density at radius 2 is 1.92 bits per heavy atom. The van der Waals surface area contributed by atoms with E-state index in [1.54, 1.807) is 14.0 Å². The molecule has 0 bridgehead atoms. The van der Waals surface area contributed by atoms with Crippen molar-refractivity contribution in [2.24, 2.45) is 11.8 Å². The molecule has 1 aliphatic rings. The van der Waals surface area contributed by atoms with Gasteiger partial charge in [0.15, 0.2) is 0 Å². The number of nitrogens with zero attached hydrogens (tertiary/aromatic N) is 2. The lowest BCUT2D eigenvalue weighted by Gasteiger charge is -2.40. The molecule has 6 heteroatoms. The molecule has 0 aliphatic carbocycles. The minimum Gasteiger partial charge on any atom is -0.464 e. The van der Waals surface area contributed by atoms with E-state index in [2.05, 4.69) is 11.8 Å². The zero-order valence-corrected chi connectivity index (χ0v) is 15.3. The summed E-state index contributed by atoms with van der Waals surface area (Å²) in [5.74, 6) is 3.95. The van der Waals surface area contributed by atoms with Crippen molar-refractivity contribution in [3.63, 3.8) is 0 Å². The van der Waals surface area contributed by atoms with Gasteiger partial charge in [-0.05, 0) is 25.2 Å². The third-order valence-corrected chi connectivity index (χ3v) is 4.13. The van der Waals surface area contributed by atoms with E-state index in [0.717, 1.165) is 12.8 Å². The van der Waals surface area contributed by atoms with Crippen LogP contribution in [-0.4, -0.2) is 60.4 Å². The van der Waals surface area contributed by atoms with Gasteiger partial charge in [0.2, 0.25) is 5.91 Å². The highest BCUT2D eigenvalue weighted by molar-refractivity contribution is 5.95. The van der Waals surface area contributed by atoms with Crippen LogP contribution in [0.3, 0.4) is 0 Å². The van der Waals surface area contributed by atoms with Crippen molar-refractivity contribution in [1.82, 2.24) is 9.80 Å². The molecule has 24 heavy (non-hydrogen) atoms. The molecule has 1 fully saturated rings. The molecule has 0 N–H and O–H groups in total.